The van der Waals surface area contributed by atoms with Gasteiger partial charge in [-0.25, -0.2) is 0 Å². The van der Waals surface area contributed by atoms with Crippen molar-refractivity contribution >= 4 is 33.3 Å². The Kier molecular flexibility index (Phi) is 2.94. The Hall–Kier alpha value is -1.01. The molecule has 2 N–H and O–H groups in total. The first-order valence-electron chi connectivity index (χ1n) is 4.65. The fourth-order valence-electron chi connectivity index (χ4n) is 1.50. The molecule has 0 saturated carbocycles. The van der Waals surface area contributed by atoms with Crippen molar-refractivity contribution in [3.8, 4) is 0 Å². The molecule has 0 aliphatic carbocycles. The summed E-state index contributed by atoms with van der Waals surface area (Å²) in [6.45, 7) is 2.42. The first-order valence-corrected chi connectivity index (χ1v) is 5.82. The second-order valence-electron chi connectivity index (χ2n) is 3.53. The van der Waals surface area contributed by atoms with Crippen LogP contribution in [0.2, 0.25) is 5.02 Å². The number of hydrogen-bond donors (Lipinski definition) is 1. The number of anilines is 1. The van der Waals surface area contributed by atoms with Gasteiger partial charge >= 0.3 is 0 Å². The summed E-state index contributed by atoms with van der Waals surface area (Å²) in [5.74, 6) is 0.468. The van der Waals surface area contributed by atoms with E-state index in [1.54, 1.807) is 9.36 Å². The zero-order chi connectivity index (χ0) is 11.9. The van der Waals surface area contributed by atoms with Gasteiger partial charge in [0.05, 0.1) is 27.4 Å². The average Bonchev–Trinajstić information content (AvgIpc) is 2.63. The van der Waals surface area contributed by atoms with E-state index < -0.39 is 0 Å². The van der Waals surface area contributed by atoms with Crippen LogP contribution in [0.5, 0.6) is 0 Å². The minimum atomic E-state index is 0.468. The molecule has 2 heterocycles. The fraction of sp³-hybridized carbons (Fsp3) is 0.333. The van der Waals surface area contributed by atoms with Crippen LogP contribution in [-0.4, -0.2) is 19.6 Å². The molecule has 7 heteroatoms. The molecule has 0 aliphatic rings. The molecule has 0 fully saturated rings. The van der Waals surface area contributed by atoms with Crippen molar-refractivity contribution in [3.63, 3.8) is 0 Å². The van der Waals surface area contributed by atoms with Crippen LogP contribution in [0.15, 0.2) is 10.7 Å². The summed E-state index contributed by atoms with van der Waals surface area (Å²) in [5.41, 5.74) is 7.37. The van der Waals surface area contributed by atoms with Crippen molar-refractivity contribution in [1.82, 2.24) is 19.6 Å². The maximum absolute atomic E-state index is 6.14. The lowest BCUT2D eigenvalue weighted by molar-refractivity contribution is 0.620. The molecule has 2 rings (SSSR count). The van der Waals surface area contributed by atoms with Crippen LogP contribution in [-0.2, 0) is 13.6 Å². The number of nitrogens with two attached hydrogens (primary N) is 1. The lowest BCUT2D eigenvalue weighted by atomic mass is 10.3. The Balaban J connectivity index is 2.33. The highest BCUT2D eigenvalue weighted by molar-refractivity contribution is 9.10. The van der Waals surface area contributed by atoms with Gasteiger partial charge in [-0.1, -0.05) is 11.6 Å². The SMILES string of the molecule is Cc1nn(C)c(Cn2cc(Br)c(N)n2)c1Cl. The molecule has 0 atom stereocenters. The van der Waals surface area contributed by atoms with E-state index in [9.17, 15) is 0 Å². The number of rotatable bonds is 2. The third kappa shape index (κ3) is 1.94. The van der Waals surface area contributed by atoms with Crippen molar-refractivity contribution in [1.29, 1.82) is 0 Å². The number of nitrogens with zero attached hydrogens (tertiary/aromatic N) is 4. The van der Waals surface area contributed by atoms with Gasteiger partial charge in [0.15, 0.2) is 5.82 Å². The third-order valence-electron chi connectivity index (χ3n) is 2.32. The summed E-state index contributed by atoms with van der Waals surface area (Å²) in [6.07, 6.45) is 1.81. The van der Waals surface area contributed by atoms with Crippen LogP contribution in [0.25, 0.3) is 0 Å². The molecule has 0 spiro atoms. The molecule has 2 aromatic heterocycles. The van der Waals surface area contributed by atoms with E-state index >= 15 is 0 Å². The maximum Gasteiger partial charge on any atom is 0.159 e. The van der Waals surface area contributed by atoms with Gasteiger partial charge in [0, 0.05) is 13.2 Å². The van der Waals surface area contributed by atoms with E-state index in [0.29, 0.717) is 17.4 Å². The minimum absolute atomic E-state index is 0.468. The van der Waals surface area contributed by atoms with Crippen LogP contribution in [0.4, 0.5) is 5.82 Å². The van der Waals surface area contributed by atoms with E-state index in [0.717, 1.165) is 15.9 Å². The van der Waals surface area contributed by atoms with Crippen LogP contribution in [0, 0.1) is 6.92 Å². The third-order valence-corrected chi connectivity index (χ3v) is 3.42. The molecule has 0 amide bonds. The fourth-order valence-corrected chi connectivity index (χ4v) is 2.03. The molecule has 86 valence electrons. The van der Waals surface area contributed by atoms with E-state index in [4.69, 9.17) is 17.3 Å². The van der Waals surface area contributed by atoms with Crippen molar-refractivity contribution in [2.75, 3.05) is 5.73 Å². The standard InChI is InChI=1S/C9H11BrClN5/c1-5-8(11)7(15(2)13-5)4-16-3-6(10)9(12)14-16/h3H,4H2,1-2H3,(H2,12,14). The van der Waals surface area contributed by atoms with Crippen LogP contribution < -0.4 is 5.73 Å². The summed E-state index contributed by atoms with van der Waals surface area (Å²) in [4.78, 5) is 0. The van der Waals surface area contributed by atoms with Gasteiger partial charge in [-0.05, 0) is 22.9 Å². The molecule has 5 nitrogen and oxygen atoms in total. The summed E-state index contributed by atoms with van der Waals surface area (Å²) < 4.78 is 4.26. The minimum Gasteiger partial charge on any atom is -0.381 e. The molecule has 2 aromatic rings. The van der Waals surface area contributed by atoms with Gasteiger partial charge in [-0.15, -0.1) is 0 Å². The Labute approximate surface area is 106 Å². The molecular formula is C9H11BrClN5. The summed E-state index contributed by atoms with van der Waals surface area (Å²) in [7, 11) is 1.86. The quantitative estimate of drug-likeness (QED) is 0.922. The van der Waals surface area contributed by atoms with E-state index in [2.05, 4.69) is 26.1 Å². The monoisotopic (exact) mass is 303 g/mol. The first-order chi connectivity index (χ1) is 7.49. The maximum atomic E-state index is 6.14. The number of aryl methyl sites for hydroxylation is 2. The highest BCUT2D eigenvalue weighted by Gasteiger charge is 2.12. The number of halogens is 2. The molecule has 16 heavy (non-hydrogen) atoms. The Bertz CT molecular complexity index is 511. The van der Waals surface area contributed by atoms with Gasteiger partial charge in [0.1, 0.15) is 0 Å². The van der Waals surface area contributed by atoms with Crippen molar-refractivity contribution in [2.45, 2.75) is 13.5 Å². The number of hydrogen-bond acceptors (Lipinski definition) is 3. The molecule has 0 aromatic carbocycles. The average molecular weight is 305 g/mol. The van der Waals surface area contributed by atoms with Gasteiger partial charge < -0.3 is 5.73 Å². The predicted octanol–water partition coefficient (Wildman–Crippen LogP) is 1.97. The van der Waals surface area contributed by atoms with Gasteiger partial charge in [0.2, 0.25) is 0 Å². The van der Waals surface area contributed by atoms with Crippen LogP contribution in [0.1, 0.15) is 11.4 Å². The molecule has 0 bridgehead atoms. The van der Waals surface area contributed by atoms with Crippen molar-refractivity contribution in [2.24, 2.45) is 7.05 Å². The number of nitrogen functional groups attached to an aromatic ring is 1. The molecule has 0 aliphatic heterocycles. The van der Waals surface area contributed by atoms with E-state index in [-0.39, 0.29) is 0 Å². The largest absolute Gasteiger partial charge is 0.381 e. The zero-order valence-corrected chi connectivity index (χ0v) is 11.2. The highest BCUT2D eigenvalue weighted by Crippen LogP contribution is 2.22. The Morgan fingerprint density at radius 3 is 2.62 bits per heavy atom. The van der Waals surface area contributed by atoms with E-state index in [1.165, 1.54) is 0 Å². The normalized spacial score (nSPS) is 11.0. The number of aromatic nitrogens is 4. The lowest BCUT2D eigenvalue weighted by Gasteiger charge is -2.02. The van der Waals surface area contributed by atoms with Gasteiger partial charge in [-0.2, -0.15) is 10.2 Å². The molecule has 0 unspecified atom stereocenters. The Morgan fingerprint density at radius 1 is 1.50 bits per heavy atom. The zero-order valence-electron chi connectivity index (χ0n) is 8.91. The van der Waals surface area contributed by atoms with Crippen molar-refractivity contribution < 1.29 is 0 Å². The lowest BCUT2D eigenvalue weighted by Crippen LogP contribution is -2.06. The second kappa shape index (κ2) is 4.10. The van der Waals surface area contributed by atoms with Crippen molar-refractivity contribution in [3.05, 3.63) is 27.1 Å². The summed E-state index contributed by atoms with van der Waals surface area (Å²) in [5, 5.41) is 9.06. The van der Waals surface area contributed by atoms with Crippen LogP contribution >= 0.6 is 27.5 Å². The van der Waals surface area contributed by atoms with Gasteiger partial charge in [-0.3, -0.25) is 9.36 Å². The van der Waals surface area contributed by atoms with E-state index in [1.807, 2.05) is 20.2 Å². The summed E-state index contributed by atoms with van der Waals surface area (Å²) >= 11 is 9.45. The second-order valence-corrected chi connectivity index (χ2v) is 4.76. The van der Waals surface area contributed by atoms with Gasteiger partial charge in [0.25, 0.3) is 0 Å². The predicted molar refractivity (Wildman–Crippen MR) is 66.4 cm³/mol. The summed E-state index contributed by atoms with van der Waals surface area (Å²) in [6, 6.07) is 0. The molecular weight excluding hydrogens is 293 g/mol. The highest BCUT2D eigenvalue weighted by atomic mass is 79.9. The smallest absolute Gasteiger partial charge is 0.159 e. The molecule has 0 saturated heterocycles. The van der Waals surface area contributed by atoms with Crippen LogP contribution in [0.3, 0.4) is 0 Å². The topological polar surface area (TPSA) is 61.7 Å². The molecule has 0 radical (unpaired) electrons. The Morgan fingerprint density at radius 2 is 2.19 bits per heavy atom. The first kappa shape index (κ1) is 11.5.